The van der Waals surface area contributed by atoms with Crippen LogP contribution in [0.4, 0.5) is 0 Å². The summed E-state index contributed by atoms with van der Waals surface area (Å²) in [7, 11) is 0. The SMILES string of the molecule is Cc1ncc(C(NN)c2cccc3ccccc23)s1. The first kappa shape index (κ1) is 12.3. The lowest BCUT2D eigenvalue weighted by Gasteiger charge is -2.16. The summed E-state index contributed by atoms with van der Waals surface area (Å²) in [6.45, 7) is 2.00. The molecule has 3 nitrogen and oxygen atoms in total. The third kappa shape index (κ3) is 2.26. The van der Waals surface area contributed by atoms with Crippen LogP contribution in [0.5, 0.6) is 0 Å². The van der Waals surface area contributed by atoms with Crippen molar-refractivity contribution in [2.45, 2.75) is 13.0 Å². The number of aromatic nitrogens is 1. The van der Waals surface area contributed by atoms with E-state index in [2.05, 4.69) is 46.8 Å². The van der Waals surface area contributed by atoms with E-state index in [-0.39, 0.29) is 6.04 Å². The lowest BCUT2D eigenvalue weighted by Crippen LogP contribution is -2.28. The molecule has 3 N–H and O–H groups in total. The highest BCUT2D eigenvalue weighted by molar-refractivity contribution is 7.11. The highest BCUT2D eigenvalue weighted by atomic mass is 32.1. The van der Waals surface area contributed by atoms with Gasteiger partial charge < -0.3 is 0 Å². The number of benzene rings is 2. The normalized spacial score (nSPS) is 12.7. The Hall–Kier alpha value is -1.75. The second kappa shape index (κ2) is 5.09. The number of rotatable bonds is 3. The fourth-order valence-corrected chi connectivity index (χ4v) is 3.20. The number of thiazole rings is 1. The van der Waals surface area contributed by atoms with Gasteiger partial charge in [0.15, 0.2) is 0 Å². The van der Waals surface area contributed by atoms with Crippen molar-refractivity contribution in [2.24, 2.45) is 5.84 Å². The Labute approximate surface area is 116 Å². The van der Waals surface area contributed by atoms with Crippen molar-refractivity contribution in [2.75, 3.05) is 0 Å². The second-order valence-corrected chi connectivity index (χ2v) is 5.72. The van der Waals surface area contributed by atoms with E-state index in [9.17, 15) is 0 Å². The molecule has 19 heavy (non-hydrogen) atoms. The Bertz CT molecular complexity index is 700. The molecule has 0 fully saturated rings. The summed E-state index contributed by atoms with van der Waals surface area (Å²) in [6, 6.07) is 14.6. The van der Waals surface area contributed by atoms with E-state index in [0.717, 1.165) is 9.88 Å². The molecule has 0 radical (unpaired) electrons. The summed E-state index contributed by atoms with van der Waals surface area (Å²) < 4.78 is 0. The standard InChI is InChI=1S/C15H15N3S/c1-10-17-9-14(19-10)15(18-16)13-8-4-6-11-5-2-3-7-12(11)13/h2-9,15,18H,16H2,1H3. The number of nitrogens with zero attached hydrogens (tertiary/aromatic N) is 1. The van der Waals surface area contributed by atoms with Crippen LogP contribution in [0.3, 0.4) is 0 Å². The number of fused-ring (bicyclic) bond motifs is 1. The molecule has 1 heterocycles. The van der Waals surface area contributed by atoms with Crippen LogP contribution in [-0.2, 0) is 0 Å². The molecule has 96 valence electrons. The molecule has 3 aromatic rings. The summed E-state index contributed by atoms with van der Waals surface area (Å²) in [5.74, 6) is 5.77. The van der Waals surface area contributed by atoms with Crippen LogP contribution in [0.15, 0.2) is 48.7 Å². The predicted octanol–water partition coefficient (Wildman–Crippen LogP) is 3.16. The van der Waals surface area contributed by atoms with Crippen molar-refractivity contribution in [3.8, 4) is 0 Å². The summed E-state index contributed by atoms with van der Waals surface area (Å²) >= 11 is 1.67. The maximum Gasteiger partial charge on any atom is 0.0897 e. The van der Waals surface area contributed by atoms with Crippen LogP contribution < -0.4 is 11.3 Å². The second-order valence-electron chi connectivity index (χ2n) is 4.45. The largest absolute Gasteiger partial charge is 0.271 e. The summed E-state index contributed by atoms with van der Waals surface area (Å²) in [5.41, 5.74) is 4.10. The molecule has 3 rings (SSSR count). The quantitative estimate of drug-likeness (QED) is 0.567. The predicted molar refractivity (Wildman–Crippen MR) is 80.0 cm³/mol. The van der Waals surface area contributed by atoms with Gasteiger partial charge in [-0.15, -0.1) is 11.3 Å². The van der Waals surface area contributed by atoms with Crippen LogP contribution in [0, 0.1) is 6.92 Å². The first-order valence-electron chi connectivity index (χ1n) is 6.15. The Kier molecular flexibility index (Phi) is 3.29. The lowest BCUT2D eigenvalue weighted by molar-refractivity contribution is 0.649. The molecule has 1 atom stereocenters. The highest BCUT2D eigenvalue weighted by Gasteiger charge is 2.17. The maximum absolute atomic E-state index is 5.77. The number of hydrogen-bond donors (Lipinski definition) is 2. The van der Waals surface area contributed by atoms with Gasteiger partial charge in [0.2, 0.25) is 0 Å². The zero-order valence-electron chi connectivity index (χ0n) is 10.6. The minimum Gasteiger partial charge on any atom is -0.271 e. The zero-order chi connectivity index (χ0) is 13.2. The smallest absolute Gasteiger partial charge is 0.0897 e. The van der Waals surface area contributed by atoms with Crippen LogP contribution in [0.25, 0.3) is 10.8 Å². The third-order valence-corrected chi connectivity index (χ3v) is 4.20. The summed E-state index contributed by atoms with van der Waals surface area (Å²) in [4.78, 5) is 5.45. The molecule has 1 unspecified atom stereocenters. The molecule has 0 aliphatic carbocycles. The van der Waals surface area contributed by atoms with E-state index >= 15 is 0 Å². The minimum absolute atomic E-state index is 0.0164. The van der Waals surface area contributed by atoms with E-state index in [1.54, 1.807) is 11.3 Å². The fraction of sp³-hybridized carbons (Fsp3) is 0.133. The average Bonchev–Trinajstić information content (AvgIpc) is 2.86. The Morgan fingerprint density at radius 1 is 1.16 bits per heavy atom. The molecule has 0 bridgehead atoms. The van der Waals surface area contributed by atoms with Crippen molar-refractivity contribution in [1.29, 1.82) is 0 Å². The van der Waals surface area contributed by atoms with Gasteiger partial charge in [0.1, 0.15) is 0 Å². The molecule has 2 aromatic carbocycles. The Balaban J connectivity index is 2.16. The van der Waals surface area contributed by atoms with Crippen molar-refractivity contribution >= 4 is 22.1 Å². The zero-order valence-corrected chi connectivity index (χ0v) is 11.4. The van der Waals surface area contributed by atoms with Gasteiger partial charge >= 0.3 is 0 Å². The minimum atomic E-state index is -0.0164. The Morgan fingerprint density at radius 3 is 2.68 bits per heavy atom. The molecule has 0 aliphatic heterocycles. The first-order chi connectivity index (χ1) is 9.29. The van der Waals surface area contributed by atoms with Crippen LogP contribution >= 0.6 is 11.3 Å². The molecular formula is C15H15N3S. The lowest BCUT2D eigenvalue weighted by atomic mass is 9.98. The maximum atomic E-state index is 5.77. The monoisotopic (exact) mass is 269 g/mol. The van der Waals surface area contributed by atoms with Crippen molar-refractivity contribution in [3.63, 3.8) is 0 Å². The Morgan fingerprint density at radius 2 is 1.95 bits per heavy atom. The van der Waals surface area contributed by atoms with Crippen LogP contribution in [-0.4, -0.2) is 4.98 Å². The van der Waals surface area contributed by atoms with E-state index in [0.29, 0.717) is 0 Å². The molecular weight excluding hydrogens is 254 g/mol. The number of aryl methyl sites for hydroxylation is 1. The fourth-order valence-electron chi connectivity index (χ4n) is 2.34. The van der Waals surface area contributed by atoms with Gasteiger partial charge in [-0.1, -0.05) is 42.5 Å². The van der Waals surface area contributed by atoms with E-state index in [4.69, 9.17) is 5.84 Å². The topological polar surface area (TPSA) is 50.9 Å². The third-order valence-electron chi connectivity index (χ3n) is 3.22. The van der Waals surface area contributed by atoms with Gasteiger partial charge in [0.25, 0.3) is 0 Å². The van der Waals surface area contributed by atoms with Gasteiger partial charge in [0, 0.05) is 11.1 Å². The number of hydrogen-bond acceptors (Lipinski definition) is 4. The van der Waals surface area contributed by atoms with E-state index in [1.807, 2.05) is 19.2 Å². The molecule has 0 amide bonds. The molecule has 1 aromatic heterocycles. The van der Waals surface area contributed by atoms with Gasteiger partial charge in [-0.2, -0.15) is 0 Å². The van der Waals surface area contributed by atoms with Crippen LogP contribution in [0.2, 0.25) is 0 Å². The molecule has 0 saturated heterocycles. The molecule has 4 heteroatoms. The van der Waals surface area contributed by atoms with Crippen LogP contribution in [0.1, 0.15) is 21.5 Å². The summed E-state index contributed by atoms with van der Waals surface area (Å²) in [5, 5.41) is 3.50. The highest BCUT2D eigenvalue weighted by Crippen LogP contribution is 2.31. The van der Waals surface area contributed by atoms with E-state index < -0.39 is 0 Å². The number of nitrogens with two attached hydrogens (primary N) is 1. The molecule has 0 aliphatic rings. The average molecular weight is 269 g/mol. The van der Waals surface area contributed by atoms with Crippen molar-refractivity contribution in [1.82, 2.24) is 10.4 Å². The first-order valence-corrected chi connectivity index (χ1v) is 6.97. The molecule has 0 spiro atoms. The number of nitrogens with one attached hydrogen (secondary N) is 1. The van der Waals surface area contributed by atoms with Crippen molar-refractivity contribution in [3.05, 3.63) is 64.1 Å². The van der Waals surface area contributed by atoms with Gasteiger partial charge in [-0.3, -0.25) is 5.84 Å². The summed E-state index contributed by atoms with van der Waals surface area (Å²) in [6.07, 6.45) is 1.90. The molecule has 0 saturated carbocycles. The van der Waals surface area contributed by atoms with Gasteiger partial charge in [0.05, 0.1) is 11.0 Å². The number of hydrazine groups is 1. The van der Waals surface area contributed by atoms with Crippen molar-refractivity contribution < 1.29 is 0 Å². The van der Waals surface area contributed by atoms with E-state index in [1.165, 1.54) is 16.3 Å². The van der Waals surface area contributed by atoms with Gasteiger partial charge in [-0.25, -0.2) is 10.4 Å². The van der Waals surface area contributed by atoms with Gasteiger partial charge in [-0.05, 0) is 23.3 Å².